The number of nitrogens with one attached hydrogen (secondary N) is 2. The van der Waals surface area contributed by atoms with Gasteiger partial charge >= 0.3 is 19.4 Å². The summed E-state index contributed by atoms with van der Waals surface area (Å²) in [5.74, 6) is -0.425. The van der Waals surface area contributed by atoms with Crippen molar-refractivity contribution in [2.24, 2.45) is 11.8 Å². The van der Waals surface area contributed by atoms with Crippen LogP contribution >= 0.6 is 7.75 Å². The molecule has 1 aromatic rings. The van der Waals surface area contributed by atoms with Crippen LogP contribution in [0.3, 0.4) is 0 Å². The van der Waals surface area contributed by atoms with Gasteiger partial charge in [-0.2, -0.15) is 0 Å². The fraction of sp³-hybridized carbons (Fsp3) is 0.750. The third-order valence-electron chi connectivity index (χ3n) is 5.31. The second-order valence-electron chi connectivity index (χ2n) is 8.16. The molecule has 3 N–H and O–H groups in total. The van der Waals surface area contributed by atoms with Crippen LogP contribution in [0.5, 0.6) is 0 Å². The first-order valence-electron chi connectivity index (χ1n) is 11.0. The van der Waals surface area contributed by atoms with Gasteiger partial charge in [0.05, 0.1) is 19.3 Å². The van der Waals surface area contributed by atoms with E-state index in [1.54, 1.807) is 0 Å². The molecule has 0 spiro atoms. The Hall–Kier alpha value is -1.78. The molecule has 1 fully saturated rings. The summed E-state index contributed by atoms with van der Waals surface area (Å²) in [4.78, 5) is 47.2. The molecule has 2 heterocycles. The predicted molar refractivity (Wildman–Crippen MR) is 117 cm³/mol. The lowest BCUT2D eigenvalue weighted by Gasteiger charge is -2.19. The smallest absolute Gasteiger partial charge is 0.403 e. The number of carbonyl (C=O) groups is 1. The van der Waals surface area contributed by atoms with Gasteiger partial charge in [0.25, 0.3) is 5.56 Å². The fourth-order valence-electron chi connectivity index (χ4n) is 3.78. The number of aromatic amines is 1. The van der Waals surface area contributed by atoms with Crippen molar-refractivity contribution in [3.8, 4) is 0 Å². The number of nitrogens with zero attached hydrogens (tertiary/aromatic N) is 1. The Labute approximate surface area is 187 Å². The molecule has 4 unspecified atom stereocenters. The average molecular weight is 475 g/mol. The molecule has 182 valence electrons. The number of ether oxygens (including phenoxy) is 2. The highest BCUT2D eigenvalue weighted by Gasteiger charge is 2.35. The minimum atomic E-state index is -4.25. The first-order valence-corrected chi connectivity index (χ1v) is 12.6. The Morgan fingerprint density at radius 2 is 2.06 bits per heavy atom. The van der Waals surface area contributed by atoms with Crippen LogP contribution in [0, 0.1) is 11.8 Å². The van der Waals surface area contributed by atoms with Crippen molar-refractivity contribution in [1.29, 1.82) is 0 Å². The van der Waals surface area contributed by atoms with Crippen LogP contribution in [0.2, 0.25) is 0 Å². The Balaban J connectivity index is 1.78. The lowest BCUT2D eigenvalue weighted by molar-refractivity contribution is -0.143. The van der Waals surface area contributed by atoms with Gasteiger partial charge in [0.1, 0.15) is 12.8 Å². The minimum absolute atomic E-state index is 0.0904. The first kappa shape index (κ1) is 26.5. The van der Waals surface area contributed by atoms with Crippen molar-refractivity contribution in [1.82, 2.24) is 14.6 Å². The van der Waals surface area contributed by atoms with E-state index in [1.165, 1.54) is 16.8 Å². The molecule has 0 radical (unpaired) electrons. The number of aromatic nitrogens is 2. The summed E-state index contributed by atoms with van der Waals surface area (Å²) in [6, 6.07) is 1.22. The molecule has 0 amide bonds. The Morgan fingerprint density at radius 1 is 1.38 bits per heavy atom. The summed E-state index contributed by atoms with van der Waals surface area (Å²) in [5, 5.41) is 2.20. The summed E-state index contributed by atoms with van der Waals surface area (Å²) in [5.41, 5.74) is -1.10. The van der Waals surface area contributed by atoms with Crippen LogP contribution in [0.4, 0.5) is 0 Å². The van der Waals surface area contributed by atoms with Gasteiger partial charge in [0.15, 0.2) is 0 Å². The van der Waals surface area contributed by atoms with Crippen LogP contribution < -0.4 is 16.3 Å². The molecular formula is C20H34N3O8P. The Bertz CT molecular complexity index is 895. The molecule has 1 aliphatic heterocycles. The van der Waals surface area contributed by atoms with Gasteiger partial charge in [-0.1, -0.05) is 33.6 Å². The molecular weight excluding hydrogens is 441 g/mol. The molecule has 0 saturated carbocycles. The van der Waals surface area contributed by atoms with E-state index in [-0.39, 0.29) is 25.0 Å². The zero-order valence-corrected chi connectivity index (χ0v) is 19.7. The Kier molecular flexibility index (Phi) is 10.3. The van der Waals surface area contributed by atoms with E-state index in [9.17, 15) is 23.8 Å². The highest BCUT2D eigenvalue weighted by Crippen LogP contribution is 2.39. The average Bonchev–Trinajstić information content (AvgIpc) is 3.10. The fourth-order valence-corrected chi connectivity index (χ4v) is 4.56. The third-order valence-corrected chi connectivity index (χ3v) is 6.37. The van der Waals surface area contributed by atoms with Gasteiger partial charge in [-0.3, -0.25) is 23.7 Å². The zero-order chi connectivity index (χ0) is 23.7. The van der Waals surface area contributed by atoms with E-state index < -0.39 is 43.8 Å². The number of carbonyl (C=O) groups excluding carboxylic acids is 1. The van der Waals surface area contributed by atoms with E-state index in [0.717, 1.165) is 25.7 Å². The van der Waals surface area contributed by atoms with E-state index >= 15 is 0 Å². The van der Waals surface area contributed by atoms with E-state index in [1.807, 2.05) is 6.92 Å². The molecule has 0 aliphatic carbocycles. The second-order valence-corrected chi connectivity index (χ2v) is 9.77. The van der Waals surface area contributed by atoms with E-state index in [0.29, 0.717) is 6.42 Å². The largest absolute Gasteiger partial charge is 0.464 e. The van der Waals surface area contributed by atoms with Gasteiger partial charge in [-0.25, -0.2) is 14.4 Å². The second kappa shape index (κ2) is 12.5. The highest BCUT2D eigenvalue weighted by atomic mass is 31.2. The van der Waals surface area contributed by atoms with Crippen LogP contribution in [0.25, 0.3) is 0 Å². The molecule has 11 nitrogen and oxygen atoms in total. The number of esters is 1. The molecule has 32 heavy (non-hydrogen) atoms. The van der Waals surface area contributed by atoms with Gasteiger partial charge in [-0.05, 0) is 25.2 Å². The quantitative estimate of drug-likeness (QED) is 0.287. The molecule has 0 aromatic carbocycles. The summed E-state index contributed by atoms with van der Waals surface area (Å²) < 4.78 is 29.5. The minimum Gasteiger partial charge on any atom is -0.464 e. The van der Waals surface area contributed by atoms with Gasteiger partial charge in [0, 0.05) is 18.2 Å². The maximum absolute atomic E-state index is 12.2. The Morgan fingerprint density at radius 3 is 2.69 bits per heavy atom. The van der Waals surface area contributed by atoms with Crippen LogP contribution in [0.1, 0.15) is 59.1 Å². The number of H-pyrrole nitrogens is 1. The molecule has 12 heteroatoms. The molecule has 0 bridgehead atoms. The maximum atomic E-state index is 12.2. The molecule has 1 aliphatic rings. The van der Waals surface area contributed by atoms with Gasteiger partial charge < -0.3 is 14.4 Å². The first-order chi connectivity index (χ1) is 15.1. The number of hydrogen-bond acceptors (Lipinski definition) is 7. The van der Waals surface area contributed by atoms with Crippen molar-refractivity contribution in [2.75, 3.05) is 19.8 Å². The van der Waals surface area contributed by atoms with E-state index in [2.05, 4.69) is 23.9 Å². The zero-order valence-electron chi connectivity index (χ0n) is 18.8. The van der Waals surface area contributed by atoms with Crippen molar-refractivity contribution in [3.05, 3.63) is 33.1 Å². The summed E-state index contributed by atoms with van der Waals surface area (Å²) >= 11 is 0. The van der Waals surface area contributed by atoms with Crippen LogP contribution in [-0.4, -0.2) is 46.3 Å². The number of rotatable bonds is 13. The van der Waals surface area contributed by atoms with Crippen molar-refractivity contribution >= 4 is 13.7 Å². The normalized spacial score (nSPS) is 22.7. The van der Waals surface area contributed by atoms with Crippen molar-refractivity contribution in [3.63, 3.8) is 0 Å². The summed E-state index contributed by atoms with van der Waals surface area (Å²) in [6.07, 6.45) is 4.58. The van der Waals surface area contributed by atoms with Crippen molar-refractivity contribution < 1.29 is 28.3 Å². The van der Waals surface area contributed by atoms with Crippen molar-refractivity contribution in [2.45, 2.75) is 65.2 Å². The van der Waals surface area contributed by atoms with Gasteiger partial charge in [-0.15, -0.1) is 0 Å². The molecule has 1 saturated heterocycles. The lowest BCUT2D eigenvalue weighted by Crippen LogP contribution is -2.33. The number of hydrogen-bond donors (Lipinski definition) is 3. The predicted octanol–water partition coefficient (Wildman–Crippen LogP) is 1.93. The molecule has 4 atom stereocenters. The standard InChI is InChI=1S/C20H34N3O8P/c1-4-6-15(7-5-2)12-29-18(25)11-21-32(27,28)30-13-16-10-14(3)19(31-16)23-9-8-17(24)22-20(23)26/h8-9,14-16,19H,4-7,10-13H2,1-3H3,(H2,21,27,28)(H,22,24,26). The third kappa shape index (κ3) is 8.29. The van der Waals surface area contributed by atoms with Gasteiger partial charge in [0.2, 0.25) is 0 Å². The van der Waals surface area contributed by atoms with Crippen LogP contribution in [0.15, 0.2) is 21.9 Å². The highest BCUT2D eigenvalue weighted by molar-refractivity contribution is 7.50. The van der Waals surface area contributed by atoms with Crippen LogP contribution in [-0.2, 0) is 23.4 Å². The monoisotopic (exact) mass is 475 g/mol. The summed E-state index contributed by atoms with van der Waals surface area (Å²) in [6.45, 7) is 5.64. The molecule has 2 rings (SSSR count). The van der Waals surface area contributed by atoms with E-state index in [4.69, 9.17) is 14.0 Å². The maximum Gasteiger partial charge on any atom is 0.403 e. The topological polar surface area (TPSA) is 149 Å². The SMILES string of the molecule is CCCC(CCC)COC(=O)CNP(=O)(O)OCC1CC(C)C(n2ccc(=O)[nH]c2=O)O1. The summed E-state index contributed by atoms with van der Waals surface area (Å²) in [7, 11) is -4.25. The lowest BCUT2D eigenvalue weighted by atomic mass is 9.99. The molecule has 1 aromatic heterocycles.